The van der Waals surface area contributed by atoms with Crippen LogP contribution in [-0.2, 0) is 14.8 Å². The summed E-state index contributed by atoms with van der Waals surface area (Å²) in [6, 6.07) is 0. The number of aromatic carboxylic acids is 1. The van der Waals surface area contributed by atoms with Crippen LogP contribution in [-0.4, -0.2) is 60.8 Å². The van der Waals surface area contributed by atoms with Crippen molar-refractivity contribution in [3.8, 4) is 0 Å². The van der Waals surface area contributed by atoms with E-state index in [-0.39, 0.29) is 59.5 Å². The summed E-state index contributed by atoms with van der Waals surface area (Å²) < 4.78 is 32.4. The highest BCUT2D eigenvalue weighted by Gasteiger charge is 2.37. The molecule has 0 spiro atoms. The van der Waals surface area contributed by atoms with Gasteiger partial charge >= 0.3 is 5.97 Å². The highest BCUT2D eigenvalue weighted by Crippen LogP contribution is 2.30. The van der Waals surface area contributed by atoms with Gasteiger partial charge in [0.1, 0.15) is 22.0 Å². The summed E-state index contributed by atoms with van der Waals surface area (Å²) in [6.45, 7) is 9.61. The molecule has 0 unspecified atom stereocenters. The molecule has 0 atom stereocenters. The number of carboxylic acid groups (broad SMARTS) is 1. The van der Waals surface area contributed by atoms with Crippen LogP contribution >= 0.6 is 0 Å². The van der Waals surface area contributed by atoms with Gasteiger partial charge in [-0.25, -0.2) is 13.2 Å². The number of piperazine rings is 1. The van der Waals surface area contributed by atoms with Crippen LogP contribution in [0.3, 0.4) is 0 Å². The lowest BCUT2D eigenvalue weighted by molar-refractivity contribution is -0.134. The minimum atomic E-state index is -4.01. The predicted octanol–water partition coefficient (Wildman–Crippen LogP) is 1.86. The van der Waals surface area contributed by atoms with E-state index in [0.717, 1.165) is 0 Å². The van der Waals surface area contributed by atoms with Gasteiger partial charge in [0, 0.05) is 32.6 Å². The summed E-state index contributed by atoms with van der Waals surface area (Å²) in [5.41, 5.74) is -0.462. The molecule has 1 aromatic heterocycles. The lowest BCUT2D eigenvalue weighted by Crippen LogP contribution is -2.51. The normalized spacial score (nSPS) is 16.7. The van der Waals surface area contributed by atoms with Gasteiger partial charge in [-0.15, -0.1) is 0 Å². The molecule has 26 heavy (non-hydrogen) atoms. The van der Waals surface area contributed by atoms with E-state index in [1.54, 1.807) is 4.90 Å². The molecule has 1 amide bonds. The third-order valence-electron chi connectivity index (χ3n) is 4.29. The van der Waals surface area contributed by atoms with Crippen LogP contribution in [0.4, 0.5) is 0 Å². The van der Waals surface area contributed by atoms with Crippen LogP contribution in [0.1, 0.15) is 49.1 Å². The summed E-state index contributed by atoms with van der Waals surface area (Å²) in [7, 11) is -4.01. The van der Waals surface area contributed by atoms with Crippen molar-refractivity contribution in [3.63, 3.8) is 0 Å². The molecular formula is C17H26N2O6S. The van der Waals surface area contributed by atoms with Gasteiger partial charge in [-0.3, -0.25) is 4.79 Å². The molecule has 0 radical (unpaired) electrons. The number of carboxylic acids is 1. The average Bonchev–Trinajstić information content (AvgIpc) is 2.81. The molecule has 9 heteroatoms. The zero-order valence-corrected chi connectivity index (χ0v) is 16.6. The molecule has 1 N–H and O–H groups in total. The molecule has 2 heterocycles. The molecule has 1 saturated heterocycles. The van der Waals surface area contributed by atoms with E-state index in [1.165, 1.54) is 18.2 Å². The van der Waals surface area contributed by atoms with Crippen molar-refractivity contribution in [2.45, 2.75) is 45.9 Å². The monoisotopic (exact) mass is 386 g/mol. The molecule has 0 bridgehead atoms. The number of rotatable bonds is 4. The number of carbonyl (C=O) groups is 2. The third kappa shape index (κ3) is 4.09. The second-order valence-electron chi connectivity index (χ2n) is 7.75. The maximum atomic E-state index is 13.0. The number of carbonyl (C=O) groups excluding carboxylic acids is 1. The van der Waals surface area contributed by atoms with Crippen LogP contribution < -0.4 is 0 Å². The Labute approximate surface area is 153 Å². The Morgan fingerprint density at radius 1 is 1.08 bits per heavy atom. The average molecular weight is 386 g/mol. The summed E-state index contributed by atoms with van der Waals surface area (Å²) in [6.07, 6.45) is 0.392. The highest BCUT2D eigenvalue weighted by molar-refractivity contribution is 7.89. The van der Waals surface area contributed by atoms with E-state index in [1.807, 2.05) is 20.8 Å². The SMILES string of the molecule is Cc1oc(C)c(S(=O)(=O)N2CCN(C(=O)CC(C)(C)C)CC2)c1C(=O)O. The highest BCUT2D eigenvalue weighted by atomic mass is 32.2. The van der Waals surface area contributed by atoms with E-state index < -0.39 is 16.0 Å². The quantitative estimate of drug-likeness (QED) is 0.846. The largest absolute Gasteiger partial charge is 0.478 e. The van der Waals surface area contributed by atoms with Crippen molar-refractivity contribution in [2.75, 3.05) is 26.2 Å². The van der Waals surface area contributed by atoms with Crippen molar-refractivity contribution in [2.24, 2.45) is 5.41 Å². The predicted molar refractivity (Wildman–Crippen MR) is 94.6 cm³/mol. The van der Waals surface area contributed by atoms with Crippen LogP contribution in [0.25, 0.3) is 0 Å². The lowest BCUT2D eigenvalue weighted by atomic mass is 9.91. The van der Waals surface area contributed by atoms with Crippen LogP contribution in [0, 0.1) is 19.3 Å². The van der Waals surface area contributed by atoms with E-state index in [2.05, 4.69) is 0 Å². The van der Waals surface area contributed by atoms with Crippen molar-refractivity contribution < 1.29 is 27.5 Å². The molecule has 1 aromatic rings. The molecule has 0 aliphatic carbocycles. The first-order valence-electron chi connectivity index (χ1n) is 8.46. The van der Waals surface area contributed by atoms with Gasteiger partial charge < -0.3 is 14.4 Å². The summed E-state index contributed by atoms with van der Waals surface area (Å²) in [5.74, 6) is -1.22. The van der Waals surface area contributed by atoms with Crippen molar-refractivity contribution >= 4 is 21.9 Å². The number of aryl methyl sites for hydroxylation is 2. The zero-order valence-electron chi connectivity index (χ0n) is 15.8. The van der Waals surface area contributed by atoms with Gasteiger partial charge in [-0.2, -0.15) is 4.31 Å². The number of sulfonamides is 1. The first-order chi connectivity index (χ1) is 11.8. The maximum Gasteiger partial charge on any atom is 0.340 e. The van der Waals surface area contributed by atoms with Gasteiger partial charge in [-0.05, 0) is 19.3 Å². The molecule has 1 aliphatic heterocycles. The molecule has 2 rings (SSSR count). The van der Waals surface area contributed by atoms with Crippen LogP contribution in [0.15, 0.2) is 9.31 Å². The third-order valence-corrected chi connectivity index (χ3v) is 6.34. The number of hydrogen-bond donors (Lipinski definition) is 1. The molecular weight excluding hydrogens is 360 g/mol. The minimum Gasteiger partial charge on any atom is -0.478 e. The molecule has 1 fully saturated rings. The van der Waals surface area contributed by atoms with Crippen molar-refractivity contribution in [1.82, 2.24) is 9.21 Å². The summed E-state index contributed by atoms with van der Waals surface area (Å²) >= 11 is 0. The van der Waals surface area contributed by atoms with E-state index >= 15 is 0 Å². The minimum absolute atomic E-state index is 0.00360. The van der Waals surface area contributed by atoms with E-state index in [0.29, 0.717) is 6.42 Å². The van der Waals surface area contributed by atoms with Gasteiger partial charge in [-0.1, -0.05) is 20.8 Å². The topological polar surface area (TPSA) is 108 Å². The smallest absolute Gasteiger partial charge is 0.340 e. The number of hydrogen-bond acceptors (Lipinski definition) is 5. The molecule has 1 aliphatic rings. The van der Waals surface area contributed by atoms with Gasteiger partial charge in [0.2, 0.25) is 15.9 Å². The molecule has 0 saturated carbocycles. The Morgan fingerprint density at radius 3 is 2.08 bits per heavy atom. The second kappa shape index (κ2) is 7.03. The number of nitrogens with zero attached hydrogens (tertiary/aromatic N) is 2. The first-order valence-corrected chi connectivity index (χ1v) is 9.90. The maximum absolute atomic E-state index is 13.0. The van der Waals surface area contributed by atoms with Crippen LogP contribution in [0.5, 0.6) is 0 Å². The molecule has 146 valence electrons. The molecule has 0 aromatic carbocycles. The van der Waals surface area contributed by atoms with Crippen molar-refractivity contribution in [3.05, 3.63) is 17.1 Å². The summed E-state index contributed by atoms with van der Waals surface area (Å²) in [5, 5.41) is 9.35. The Balaban J connectivity index is 2.19. The fourth-order valence-electron chi connectivity index (χ4n) is 3.09. The lowest BCUT2D eigenvalue weighted by Gasteiger charge is -2.35. The van der Waals surface area contributed by atoms with Gasteiger partial charge in [0.25, 0.3) is 0 Å². The van der Waals surface area contributed by atoms with Gasteiger partial charge in [0.15, 0.2) is 0 Å². The Kier molecular flexibility index (Phi) is 5.53. The van der Waals surface area contributed by atoms with Crippen molar-refractivity contribution in [1.29, 1.82) is 0 Å². The first kappa shape index (κ1) is 20.4. The van der Waals surface area contributed by atoms with Crippen LogP contribution in [0.2, 0.25) is 0 Å². The zero-order chi connectivity index (χ0) is 19.9. The number of furan rings is 1. The number of amides is 1. The molecule has 8 nitrogen and oxygen atoms in total. The van der Waals surface area contributed by atoms with Gasteiger partial charge in [0.05, 0.1) is 0 Å². The Hall–Kier alpha value is -1.87. The standard InChI is InChI=1S/C17H26N2O6S/c1-11-14(16(21)22)15(12(2)25-11)26(23,24)19-8-6-18(7-9-19)13(20)10-17(3,4)5/h6-10H2,1-5H3,(H,21,22). The fraction of sp³-hybridized carbons (Fsp3) is 0.647. The van der Waals surface area contributed by atoms with E-state index in [9.17, 15) is 23.1 Å². The van der Waals surface area contributed by atoms with E-state index in [4.69, 9.17) is 4.42 Å². The fourth-order valence-corrected chi connectivity index (χ4v) is 4.89. The second-order valence-corrected chi connectivity index (χ2v) is 9.62. The Bertz CT molecular complexity index is 811. The summed E-state index contributed by atoms with van der Waals surface area (Å²) in [4.78, 5) is 25.1. The Morgan fingerprint density at radius 2 is 1.62 bits per heavy atom.